The molecule has 0 heterocycles. The summed E-state index contributed by atoms with van der Waals surface area (Å²) in [7, 11) is 0. The molecule has 0 spiro atoms. The molecule has 0 unspecified atom stereocenters. The van der Waals surface area contributed by atoms with Gasteiger partial charge in [0.15, 0.2) is 0 Å². The molecule has 0 aliphatic heterocycles. The molecule has 0 saturated heterocycles. The summed E-state index contributed by atoms with van der Waals surface area (Å²) in [6.07, 6.45) is 0. The van der Waals surface area contributed by atoms with Crippen molar-refractivity contribution in [2.75, 3.05) is 0 Å². The first-order valence-electron chi connectivity index (χ1n) is 0. The van der Waals surface area contributed by atoms with Crippen molar-refractivity contribution < 1.29 is 45.1 Å². The van der Waals surface area contributed by atoms with Crippen molar-refractivity contribution in [1.82, 2.24) is 0 Å². The van der Waals surface area contributed by atoms with Gasteiger partial charge in [-0.3, -0.25) is 0 Å². The van der Waals surface area contributed by atoms with Crippen LogP contribution in [0.4, 0.5) is 0 Å². The van der Waals surface area contributed by atoms with E-state index in [1.807, 2.05) is 0 Å². The minimum absolute atomic E-state index is 0. The molecule has 4 heavy (non-hydrogen) atoms. The van der Waals surface area contributed by atoms with Gasteiger partial charge in [0, 0.05) is 0 Å². The average Bonchev–Trinajstić information content (AvgIpc) is 0. The Hall–Kier alpha value is 1.82. The summed E-state index contributed by atoms with van der Waals surface area (Å²) in [5, 5.41) is 0. The number of rotatable bonds is 0. The monoisotopic (exact) mass is 108 g/mol. The van der Waals surface area contributed by atoms with Crippen molar-refractivity contribution >= 4 is 23.1 Å². The van der Waals surface area contributed by atoms with Crippen molar-refractivity contribution in [3.8, 4) is 0 Å². The van der Waals surface area contributed by atoms with Gasteiger partial charge < -0.3 is 9.76 Å². The zero-order valence-electron chi connectivity index (χ0n) is 5.43. The third-order valence-electron chi connectivity index (χ3n) is 0. The Bertz CT molecular complexity index is 14.9. The van der Waals surface area contributed by atoms with E-state index in [4.69, 9.17) is 0 Å². The Labute approximate surface area is 67.9 Å². The molecule has 0 aromatic rings. The summed E-state index contributed by atoms with van der Waals surface area (Å²) in [5.41, 5.74) is 0. The Morgan fingerprint density at radius 2 is 1.25 bits per heavy atom. The third kappa shape index (κ3) is 9.17. The fraction of sp³-hybridized carbons (Fsp3) is 0. The Balaban J connectivity index is 0. The van der Waals surface area contributed by atoms with Crippen molar-refractivity contribution in [1.29, 1.82) is 0 Å². The van der Waals surface area contributed by atoms with E-state index in [2.05, 4.69) is 0 Å². The topological polar surface area (TPSA) is 28.5 Å². The maximum absolute atomic E-state index is 0. The molecule has 0 fully saturated rings. The molecule has 0 aliphatic rings. The van der Waals surface area contributed by atoms with Crippen LogP contribution < -0.4 is 18.9 Å². The van der Waals surface area contributed by atoms with E-state index in [1.165, 1.54) is 0 Å². The van der Waals surface area contributed by atoms with E-state index in [0.717, 1.165) is 0 Å². The summed E-state index contributed by atoms with van der Waals surface area (Å²) in [6, 6.07) is 0. The first-order chi connectivity index (χ1) is 0. The van der Waals surface area contributed by atoms with Gasteiger partial charge >= 0.3 is 58.4 Å². The summed E-state index contributed by atoms with van der Waals surface area (Å²) < 4.78 is 0. The number of hydrogen-bond donors (Lipinski definition) is 0. The fourth-order valence-corrected chi connectivity index (χ4v) is 0. The molecule has 1 nitrogen and oxygen atoms in total. The number of hydrogen-bond acceptors (Lipinski definition) is 0. The van der Waals surface area contributed by atoms with Gasteiger partial charge in [0.1, 0.15) is 0 Å². The predicted molar refractivity (Wildman–Crippen MR) is 9.78 cm³/mol. The molecule has 0 radical (unpaired) electrons. The smallest absolute Gasteiger partial charge is 2.00 e. The molecular weight excluding hydrogens is 106 g/mol. The quantitative estimate of drug-likeness (QED) is 0.294. The molecule has 0 amide bonds. The standard InChI is InChI=1S/Li.Mg.Ni.O.3H/q+1;2*+2;-2;3*-1. The minimum atomic E-state index is 0. The van der Waals surface area contributed by atoms with Crippen LogP contribution in [0.3, 0.4) is 0 Å². The zero-order valence-corrected chi connectivity index (χ0v) is 4.83. The summed E-state index contributed by atoms with van der Waals surface area (Å²) in [4.78, 5) is 0. The largest absolute Gasteiger partial charge is 2.00 e. The predicted octanol–water partition coefficient (Wildman–Crippen LogP) is -3.16. The second-order valence-electron chi connectivity index (χ2n) is 0. The maximum Gasteiger partial charge on any atom is 2.00 e. The first-order valence-corrected chi connectivity index (χ1v) is 0. The SMILES string of the molecule is [H-].[H-].[H-].[Li+].[Mg+2].[Ni+2].[O-2]. The normalized spacial score (nSPS) is 0. The van der Waals surface area contributed by atoms with Gasteiger partial charge in [-0.05, 0) is 0 Å². The van der Waals surface area contributed by atoms with Crippen LogP contribution in [0, 0.1) is 0 Å². The molecule has 0 atom stereocenters. The average molecular weight is 109 g/mol. The maximum atomic E-state index is 0. The molecule has 0 saturated carbocycles. The van der Waals surface area contributed by atoms with Gasteiger partial charge in [-0.25, -0.2) is 0 Å². The van der Waals surface area contributed by atoms with Crippen LogP contribution in [0.5, 0.6) is 0 Å². The van der Waals surface area contributed by atoms with Crippen LogP contribution in [0.25, 0.3) is 0 Å². The Morgan fingerprint density at radius 1 is 1.25 bits per heavy atom. The van der Waals surface area contributed by atoms with E-state index in [0.29, 0.717) is 0 Å². The van der Waals surface area contributed by atoms with Crippen molar-refractivity contribution in [3.05, 3.63) is 0 Å². The minimum Gasteiger partial charge on any atom is -2.00 e. The molecule has 0 N–H and O–H groups in total. The van der Waals surface area contributed by atoms with E-state index in [-0.39, 0.29) is 68.2 Å². The van der Waals surface area contributed by atoms with Gasteiger partial charge in [-0.2, -0.15) is 0 Å². The van der Waals surface area contributed by atoms with Crippen LogP contribution in [0.1, 0.15) is 4.28 Å². The van der Waals surface area contributed by atoms with Crippen molar-refractivity contribution in [3.63, 3.8) is 0 Å². The van der Waals surface area contributed by atoms with Gasteiger partial charge in [0.2, 0.25) is 0 Å². The Morgan fingerprint density at radius 3 is 1.25 bits per heavy atom. The second-order valence-corrected chi connectivity index (χ2v) is 0. The molecule has 0 rings (SSSR count). The molecule has 0 aromatic carbocycles. The van der Waals surface area contributed by atoms with E-state index < -0.39 is 0 Å². The van der Waals surface area contributed by atoms with E-state index in [1.54, 1.807) is 0 Å². The van der Waals surface area contributed by atoms with Gasteiger partial charge in [-0.15, -0.1) is 0 Å². The summed E-state index contributed by atoms with van der Waals surface area (Å²) in [5.74, 6) is 0. The van der Waals surface area contributed by atoms with Crippen molar-refractivity contribution in [2.45, 2.75) is 0 Å². The Kier molecular flexibility index (Phi) is 217. The molecule has 22 valence electrons. The third-order valence-corrected chi connectivity index (χ3v) is 0. The van der Waals surface area contributed by atoms with Gasteiger partial charge in [0.25, 0.3) is 0 Å². The van der Waals surface area contributed by atoms with Gasteiger partial charge in [-0.1, -0.05) is 0 Å². The molecule has 0 aliphatic carbocycles. The fourth-order valence-electron chi connectivity index (χ4n) is 0. The molecular formula is H3LiMgNiO. The zero-order chi connectivity index (χ0) is 0. The van der Waals surface area contributed by atoms with Gasteiger partial charge in [0.05, 0.1) is 0 Å². The second kappa shape index (κ2) is 21.3. The van der Waals surface area contributed by atoms with E-state index >= 15 is 0 Å². The van der Waals surface area contributed by atoms with Crippen LogP contribution in [-0.2, 0) is 22.0 Å². The summed E-state index contributed by atoms with van der Waals surface area (Å²) >= 11 is 0. The van der Waals surface area contributed by atoms with Crippen LogP contribution >= 0.6 is 0 Å². The summed E-state index contributed by atoms with van der Waals surface area (Å²) in [6.45, 7) is 0. The van der Waals surface area contributed by atoms with Crippen LogP contribution in [-0.4, -0.2) is 23.1 Å². The van der Waals surface area contributed by atoms with Crippen molar-refractivity contribution in [2.24, 2.45) is 0 Å². The van der Waals surface area contributed by atoms with Crippen LogP contribution in [0.15, 0.2) is 0 Å². The van der Waals surface area contributed by atoms with E-state index in [9.17, 15) is 0 Å². The van der Waals surface area contributed by atoms with Crippen LogP contribution in [0.2, 0.25) is 0 Å². The first kappa shape index (κ1) is 40.9. The molecule has 0 aromatic heterocycles. The molecule has 4 heteroatoms. The molecule has 0 bridgehead atoms.